The Morgan fingerprint density at radius 3 is 2.58 bits per heavy atom. The average Bonchev–Trinajstić information content (AvgIpc) is 3.25. The SMILES string of the molecule is N#Cc1cccc(-n2ncc3c(=O)n(-c4ccc(Cl)cc4)c(-c4cnccn4)nc32)c1. The number of fused-ring (bicyclic) bond motifs is 1. The fourth-order valence-corrected chi connectivity index (χ4v) is 3.41. The molecule has 0 atom stereocenters. The fraction of sp³-hybridized carbons (Fsp3) is 0. The molecular formula is C22H12ClN7O. The number of nitriles is 1. The second-order valence-corrected chi connectivity index (χ2v) is 7.04. The highest BCUT2D eigenvalue weighted by Gasteiger charge is 2.19. The van der Waals surface area contributed by atoms with Crippen LogP contribution in [0.5, 0.6) is 0 Å². The lowest BCUT2D eigenvalue weighted by atomic mass is 10.2. The van der Waals surface area contributed by atoms with Crippen molar-refractivity contribution in [3.8, 4) is 29.0 Å². The lowest BCUT2D eigenvalue weighted by molar-refractivity contribution is 0.886. The minimum atomic E-state index is -0.310. The molecule has 0 N–H and O–H groups in total. The predicted molar refractivity (Wildman–Crippen MR) is 115 cm³/mol. The molecule has 0 radical (unpaired) electrons. The van der Waals surface area contributed by atoms with Crippen molar-refractivity contribution in [3.63, 3.8) is 0 Å². The molecule has 2 aromatic carbocycles. The van der Waals surface area contributed by atoms with Crippen molar-refractivity contribution in [1.82, 2.24) is 29.3 Å². The molecule has 5 aromatic rings. The molecule has 0 spiro atoms. The van der Waals surface area contributed by atoms with Gasteiger partial charge in [0.2, 0.25) is 0 Å². The molecule has 3 heterocycles. The van der Waals surface area contributed by atoms with Gasteiger partial charge in [-0.2, -0.15) is 10.4 Å². The molecule has 31 heavy (non-hydrogen) atoms. The van der Waals surface area contributed by atoms with Crippen LogP contribution in [0.2, 0.25) is 5.02 Å². The molecule has 0 fully saturated rings. The highest BCUT2D eigenvalue weighted by molar-refractivity contribution is 6.30. The Hall–Kier alpha value is -4.35. The van der Waals surface area contributed by atoms with Crippen molar-refractivity contribution < 1.29 is 0 Å². The van der Waals surface area contributed by atoms with Gasteiger partial charge in [-0.1, -0.05) is 17.7 Å². The quantitative estimate of drug-likeness (QED) is 0.438. The largest absolute Gasteiger partial charge is 0.269 e. The van der Waals surface area contributed by atoms with Crippen LogP contribution in [0.25, 0.3) is 33.9 Å². The summed E-state index contributed by atoms with van der Waals surface area (Å²) in [6.07, 6.45) is 6.09. The predicted octanol–water partition coefficient (Wildman–Crippen LogP) is 3.55. The number of hydrogen-bond donors (Lipinski definition) is 0. The van der Waals surface area contributed by atoms with E-state index in [-0.39, 0.29) is 5.56 Å². The summed E-state index contributed by atoms with van der Waals surface area (Å²) < 4.78 is 2.99. The average molecular weight is 426 g/mol. The molecule has 5 rings (SSSR count). The number of benzene rings is 2. The van der Waals surface area contributed by atoms with E-state index >= 15 is 0 Å². The molecule has 0 bridgehead atoms. The van der Waals surface area contributed by atoms with Gasteiger partial charge in [0.25, 0.3) is 5.56 Å². The normalized spacial score (nSPS) is 10.8. The first-order valence-corrected chi connectivity index (χ1v) is 9.57. The van der Waals surface area contributed by atoms with Gasteiger partial charge in [0.1, 0.15) is 11.1 Å². The van der Waals surface area contributed by atoms with E-state index in [1.807, 2.05) is 0 Å². The molecule has 0 amide bonds. The number of hydrogen-bond acceptors (Lipinski definition) is 6. The second-order valence-electron chi connectivity index (χ2n) is 6.60. The molecule has 0 aliphatic rings. The molecule has 148 valence electrons. The van der Waals surface area contributed by atoms with Gasteiger partial charge in [-0.15, -0.1) is 0 Å². The van der Waals surface area contributed by atoms with Crippen LogP contribution in [0.15, 0.2) is 78.1 Å². The Kier molecular flexibility index (Phi) is 4.50. The van der Waals surface area contributed by atoms with E-state index in [9.17, 15) is 10.1 Å². The van der Waals surface area contributed by atoms with Gasteiger partial charge in [0.15, 0.2) is 11.5 Å². The standard InChI is InChI=1S/C22H12ClN7O/c23-15-4-6-16(7-5-15)29-21(19-13-25-8-9-26-19)28-20-18(22(29)31)12-27-30(20)17-3-1-2-14(10-17)11-24/h1-10,12-13H. The minimum absolute atomic E-state index is 0.310. The Labute approximate surface area is 180 Å². The Morgan fingerprint density at radius 1 is 1.00 bits per heavy atom. The van der Waals surface area contributed by atoms with E-state index in [0.717, 1.165) is 0 Å². The Balaban J connectivity index is 1.84. The van der Waals surface area contributed by atoms with Gasteiger partial charge in [-0.25, -0.2) is 14.6 Å². The Bertz CT molecular complexity index is 1520. The zero-order chi connectivity index (χ0) is 21.4. The zero-order valence-corrected chi connectivity index (χ0v) is 16.6. The lowest BCUT2D eigenvalue weighted by Gasteiger charge is -2.12. The molecule has 0 saturated heterocycles. The summed E-state index contributed by atoms with van der Waals surface area (Å²) in [5.41, 5.74) is 2.15. The van der Waals surface area contributed by atoms with Gasteiger partial charge in [-0.05, 0) is 42.5 Å². The summed E-state index contributed by atoms with van der Waals surface area (Å²) >= 11 is 6.03. The van der Waals surface area contributed by atoms with Crippen LogP contribution in [0.4, 0.5) is 0 Å². The third-order valence-electron chi connectivity index (χ3n) is 4.70. The third-order valence-corrected chi connectivity index (χ3v) is 4.95. The molecular weight excluding hydrogens is 414 g/mol. The summed E-state index contributed by atoms with van der Waals surface area (Å²) in [5.74, 6) is 0.311. The van der Waals surface area contributed by atoms with Crippen LogP contribution in [-0.4, -0.2) is 29.3 Å². The first kappa shape index (κ1) is 18.7. The number of aromatic nitrogens is 6. The minimum Gasteiger partial charge on any atom is -0.268 e. The molecule has 0 aliphatic heterocycles. The van der Waals surface area contributed by atoms with E-state index in [1.54, 1.807) is 54.7 Å². The number of rotatable bonds is 3. The fourth-order valence-electron chi connectivity index (χ4n) is 3.28. The Morgan fingerprint density at radius 2 is 1.84 bits per heavy atom. The number of halogens is 1. The van der Waals surface area contributed by atoms with Crippen molar-refractivity contribution in [2.24, 2.45) is 0 Å². The first-order valence-electron chi connectivity index (χ1n) is 9.19. The van der Waals surface area contributed by atoms with E-state index in [2.05, 4.69) is 21.1 Å². The zero-order valence-electron chi connectivity index (χ0n) is 15.8. The summed E-state index contributed by atoms with van der Waals surface area (Å²) in [6.45, 7) is 0. The maximum absolute atomic E-state index is 13.5. The summed E-state index contributed by atoms with van der Waals surface area (Å²) in [6, 6.07) is 15.9. The number of nitrogens with zero attached hydrogens (tertiary/aromatic N) is 7. The second kappa shape index (κ2) is 7.48. The highest BCUT2D eigenvalue weighted by Crippen LogP contribution is 2.23. The van der Waals surface area contributed by atoms with Crippen molar-refractivity contribution >= 4 is 22.6 Å². The van der Waals surface area contributed by atoms with Gasteiger partial charge in [-0.3, -0.25) is 14.3 Å². The molecule has 3 aromatic heterocycles. The van der Waals surface area contributed by atoms with Crippen LogP contribution in [-0.2, 0) is 0 Å². The molecule has 9 heteroatoms. The summed E-state index contributed by atoms with van der Waals surface area (Å²) in [4.78, 5) is 26.7. The van der Waals surface area contributed by atoms with Crippen molar-refractivity contribution in [2.45, 2.75) is 0 Å². The molecule has 0 saturated carbocycles. The smallest absolute Gasteiger partial charge is 0.268 e. The van der Waals surface area contributed by atoms with E-state index in [4.69, 9.17) is 16.6 Å². The molecule has 0 aliphatic carbocycles. The van der Waals surface area contributed by atoms with E-state index in [1.165, 1.54) is 27.8 Å². The van der Waals surface area contributed by atoms with Crippen LogP contribution >= 0.6 is 11.6 Å². The van der Waals surface area contributed by atoms with Crippen molar-refractivity contribution in [2.75, 3.05) is 0 Å². The van der Waals surface area contributed by atoms with E-state index in [0.29, 0.717) is 44.5 Å². The molecule has 0 unspecified atom stereocenters. The third kappa shape index (κ3) is 3.23. The highest BCUT2D eigenvalue weighted by atomic mass is 35.5. The topological polar surface area (TPSA) is 102 Å². The van der Waals surface area contributed by atoms with Gasteiger partial charge in [0.05, 0.1) is 35.4 Å². The van der Waals surface area contributed by atoms with Crippen LogP contribution in [0, 0.1) is 11.3 Å². The van der Waals surface area contributed by atoms with Crippen molar-refractivity contribution in [1.29, 1.82) is 5.26 Å². The monoisotopic (exact) mass is 425 g/mol. The van der Waals surface area contributed by atoms with Gasteiger partial charge >= 0.3 is 0 Å². The van der Waals surface area contributed by atoms with Gasteiger partial charge in [0, 0.05) is 17.4 Å². The summed E-state index contributed by atoms with van der Waals surface area (Å²) in [7, 11) is 0. The maximum atomic E-state index is 13.5. The van der Waals surface area contributed by atoms with Crippen LogP contribution < -0.4 is 5.56 Å². The molecule has 8 nitrogen and oxygen atoms in total. The summed E-state index contributed by atoms with van der Waals surface area (Å²) in [5, 5.41) is 14.5. The first-order chi connectivity index (χ1) is 15.2. The van der Waals surface area contributed by atoms with Crippen LogP contribution in [0.1, 0.15) is 5.56 Å². The maximum Gasteiger partial charge on any atom is 0.269 e. The van der Waals surface area contributed by atoms with Crippen LogP contribution in [0.3, 0.4) is 0 Å². The van der Waals surface area contributed by atoms with E-state index < -0.39 is 0 Å². The van der Waals surface area contributed by atoms with Crippen molar-refractivity contribution in [3.05, 3.63) is 94.3 Å². The van der Waals surface area contributed by atoms with Gasteiger partial charge < -0.3 is 0 Å². The lowest BCUT2D eigenvalue weighted by Crippen LogP contribution is -2.22.